The van der Waals surface area contributed by atoms with Crippen molar-refractivity contribution in [3.05, 3.63) is 0 Å². The maximum absolute atomic E-state index is 9.25. The predicted octanol–water partition coefficient (Wildman–Crippen LogP) is -0.277. The fourth-order valence-electron chi connectivity index (χ4n) is 0. The molecule has 0 fully saturated rings. The third-order valence-electron chi connectivity index (χ3n) is 0.186. The third-order valence-corrected chi connectivity index (χ3v) is 0.186. The van der Waals surface area contributed by atoms with Gasteiger partial charge in [-0.3, -0.25) is 0 Å². The Balaban J connectivity index is 2.94. The zero-order valence-corrected chi connectivity index (χ0v) is 3.06. The second kappa shape index (κ2) is 1.97. The molecule has 1 atom stereocenters. The van der Waals surface area contributed by atoms with Gasteiger partial charge in [-0.15, -0.1) is 0 Å². The van der Waals surface area contributed by atoms with Crippen molar-refractivity contribution >= 4 is 0 Å². The molecule has 0 aromatic rings. The molecule has 2 heteroatoms. The van der Waals surface area contributed by atoms with Crippen molar-refractivity contribution in [2.45, 2.75) is 13.0 Å². The third kappa shape index (κ3) is 3.70. The second-order valence-corrected chi connectivity index (χ2v) is 0.907. The second-order valence-electron chi connectivity index (χ2n) is 0.907. The van der Waals surface area contributed by atoms with Gasteiger partial charge in [-0.05, 0) is 0 Å². The molecule has 0 aliphatic rings. The van der Waals surface area contributed by atoms with E-state index in [-0.39, 0.29) is 0 Å². The van der Waals surface area contributed by atoms with Gasteiger partial charge in [0, 0.05) is 0 Å². The molecular weight excluding hydrogens is 66.0 g/mol. The van der Waals surface area contributed by atoms with Crippen LogP contribution < -0.4 is 5.73 Å². The summed E-state index contributed by atoms with van der Waals surface area (Å²) < 4.78 is 9.25. The summed E-state index contributed by atoms with van der Waals surface area (Å²) in [6.07, 6.45) is 1.56. The van der Waals surface area contributed by atoms with Crippen LogP contribution in [0.4, 0.5) is 0 Å². The molecule has 0 saturated carbocycles. The molecule has 0 rings (SSSR count). The van der Waals surface area contributed by atoms with Gasteiger partial charge in [0.15, 0.2) is 0 Å². The quantitative estimate of drug-likeness (QED) is 0.393. The Morgan fingerprint density at radius 2 is 2.20 bits per heavy atom. The van der Waals surface area contributed by atoms with Gasteiger partial charge in [0.05, 0.1) is 0 Å². The van der Waals surface area contributed by atoms with E-state index in [2.05, 4.69) is 0 Å². The topological polar surface area (TPSA) is 45.9 Å². The van der Waals surface area contributed by atoms with E-state index in [0.29, 0.717) is 0 Å². The van der Waals surface area contributed by atoms with Crippen molar-refractivity contribution in [2.24, 2.45) is 5.73 Å². The van der Waals surface area contributed by atoms with E-state index in [0.717, 1.165) is 0 Å². The number of hydrogen-bond donors (Lipinski definition) is 1. The minimum absolute atomic E-state index is 0.421. The fourth-order valence-corrected chi connectivity index (χ4v) is 0. The Hall–Kier alpha value is -0.300. The maximum atomic E-state index is 9.25. The van der Waals surface area contributed by atoms with Crippen LogP contribution in [0.25, 0.3) is 0 Å². The van der Waals surface area contributed by atoms with E-state index in [9.17, 15) is 4.65 Å². The van der Waals surface area contributed by atoms with Crippen molar-refractivity contribution in [3.8, 4) is 6.15 Å². The standard InChI is InChI=1S/C3H6NO/c1-3(4)2-5/h3H,4H2,1H3/q+1. The molecule has 28 valence electrons. The van der Waals surface area contributed by atoms with Crippen LogP contribution in [-0.4, -0.2) is 6.04 Å². The molecule has 0 saturated heterocycles. The summed E-state index contributed by atoms with van der Waals surface area (Å²) in [5, 5.41) is 0. The van der Waals surface area contributed by atoms with Crippen LogP contribution in [0, 0.1) is 6.15 Å². The summed E-state index contributed by atoms with van der Waals surface area (Å²) in [6, 6.07) is -0.421. The first-order valence-corrected chi connectivity index (χ1v) is 1.40. The molecular formula is C3H6NO+. The summed E-state index contributed by atoms with van der Waals surface area (Å²) in [4.78, 5) is 0. The van der Waals surface area contributed by atoms with Crippen LogP contribution in [0.5, 0.6) is 0 Å². The van der Waals surface area contributed by atoms with E-state index in [1.165, 1.54) is 0 Å². The zero-order valence-electron chi connectivity index (χ0n) is 3.06. The van der Waals surface area contributed by atoms with Crippen molar-refractivity contribution in [3.63, 3.8) is 0 Å². The summed E-state index contributed by atoms with van der Waals surface area (Å²) >= 11 is 0. The molecule has 1 unspecified atom stereocenters. The molecule has 0 bridgehead atoms. The molecule has 0 aliphatic carbocycles. The Morgan fingerprint density at radius 3 is 2.20 bits per heavy atom. The zero-order chi connectivity index (χ0) is 4.28. The van der Waals surface area contributed by atoms with Crippen LogP contribution in [0.1, 0.15) is 6.92 Å². The van der Waals surface area contributed by atoms with Gasteiger partial charge in [0.2, 0.25) is 0 Å². The van der Waals surface area contributed by atoms with Gasteiger partial charge < -0.3 is 0 Å². The summed E-state index contributed by atoms with van der Waals surface area (Å²) in [5.41, 5.74) is 4.87. The monoisotopic (exact) mass is 72.0 g/mol. The molecule has 0 heterocycles. The van der Waals surface area contributed by atoms with E-state index >= 15 is 0 Å². The fraction of sp³-hybridized carbons (Fsp3) is 0.667. The van der Waals surface area contributed by atoms with Crippen molar-refractivity contribution in [2.75, 3.05) is 0 Å². The van der Waals surface area contributed by atoms with Gasteiger partial charge in [-0.1, -0.05) is 0 Å². The summed E-state index contributed by atoms with van der Waals surface area (Å²) in [5.74, 6) is 0. The van der Waals surface area contributed by atoms with Crippen LogP contribution in [-0.2, 0) is 4.65 Å². The van der Waals surface area contributed by atoms with Gasteiger partial charge in [-0.25, -0.2) is 0 Å². The number of nitrogens with two attached hydrogens (primary N) is 1. The minimum atomic E-state index is -0.421. The summed E-state index contributed by atoms with van der Waals surface area (Å²) in [6.45, 7) is 1.58. The van der Waals surface area contributed by atoms with Gasteiger partial charge in [-0.2, -0.15) is 0 Å². The average Bonchev–Trinajstić information content (AvgIpc) is 1.38. The molecule has 0 aromatic carbocycles. The molecule has 0 aromatic heterocycles. The molecule has 0 spiro atoms. The molecule has 0 radical (unpaired) electrons. The molecule has 0 amide bonds. The average molecular weight is 72.1 g/mol. The van der Waals surface area contributed by atoms with Gasteiger partial charge >= 0.3 is 29.5 Å². The van der Waals surface area contributed by atoms with E-state index in [1.807, 2.05) is 0 Å². The number of rotatable bonds is 0. The van der Waals surface area contributed by atoms with Gasteiger partial charge in [0.25, 0.3) is 0 Å². The number of hydrogen-bond acceptors (Lipinski definition) is 1. The molecule has 0 aliphatic heterocycles. The normalized spacial score (nSPS) is 13.0. The summed E-state index contributed by atoms with van der Waals surface area (Å²) in [7, 11) is 0. The van der Waals surface area contributed by atoms with Gasteiger partial charge in [0.1, 0.15) is 0 Å². The molecule has 2 N–H and O–H groups in total. The first kappa shape index (κ1) is 4.70. The van der Waals surface area contributed by atoms with E-state index < -0.39 is 6.04 Å². The Kier molecular flexibility index (Phi) is 1.85. The van der Waals surface area contributed by atoms with Crippen molar-refractivity contribution in [1.29, 1.82) is 0 Å². The predicted molar refractivity (Wildman–Crippen MR) is 18.2 cm³/mol. The molecule has 5 heavy (non-hydrogen) atoms. The SMILES string of the molecule is CC(N)C#[O+]. The Labute approximate surface area is 30.7 Å². The Morgan fingerprint density at radius 1 is 2.00 bits per heavy atom. The van der Waals surface area contributed by atoms with Crippen molar-refractivity contribution in [1.82, 2.24) is 0 Å². The first-order valence-electron chi connectivity index (χ1n) is 1.40. The van der Waals surface area contributed by atoms with Crippen LogP contribution >= 0.6 is 0 Å². The van der Waals surface area contributed by atoms with Crippen LogP contribution in [0.15, 0.2) is 0 Å². The molecule has 2 nitrogen and oxygen atoms in total. The van der Waals surface area contributed by atoms with Crippen LogP contribution in [0.3, 0.4) is 0 Å². The first-order chi connectivity index (χ1) is 2.27. The van der Waals surface area contributed by atoms with Crippen LogP contribution in [0.2, 0.25) is 0 Å². The van der Waals surface area contributed by atoms with E-state index in [1.54, 1.807) is 13.1 Å². The Bertz CT molecular complexity index is 52.4. The van der Waals surface area contributed by atoms with E-state index in [4.69, 9.17) is 5.73 Å². The van der Waals surface area contributed by atoms with Crippen molar-refractivity contribution < 1.29 is 4.65 Å².